The quantitative estimate of drug-likeness (QED) is 0.798. The lowest BCUT2D eigenvalue weighted by molar-refractivity contribution is 0.397. The van der Waals surface area contributed by atoms with Crippen LogP contribution in [0.4, 0.5) is 0 Å². The summed E-state index contributed by atoms with van der Waals surface area (Å²) in [6.45, 7) is 3.66. The van der Waals surface area contributed by atoms with Crippen molar-refractivity contribution in [2.45, 2.75) is 19.4 Å². The van der Waals surface area contributed by atoms with Gasteiger partial charge in [0.2, 0.25) is 0 Å². The van der Waals surface area contributed by atoms with E-state index >= 15 is 0 Å². The Balaban J connectivity index is 2.37. The van der Waals surface area contributed by atoms with Crippen molar-refractivity contribution in [1.29, 1.82) is 0 Å². The van der Waals surface area contributed by atoms with E-state index in [2.05, 4.69) is 15.1 Å². The van der Waals surface area contributed by atoms with E-state index in [1.807, 2.05) is 13.8 Å². The molecule has 15 heavy (non-hydrogen) atoms. The molecule has 5 heteroatoms. The monoisotopic (exact) mass is 204 g/mol. The first-order valence-electron chi connectivity index (χ1n) is 4.61. The molecule has 0 atom stereocenters. The number of rotatable bonds is 2. The maximum absolute atomic E-state index is 5.85. The van der Waals surface area contributed by atoms with E-state index in [4.69, 9.17) is 10.3 Å². The third-order valence-electron chi connectivity index (χ3n) is 1.93. The number of pyridine rings is 1. The average Bonchev–Trinajstić information content (AvgIpc) is 2.67. The van der Waals surface area contributed by atoms with Crippen LogP contribution in [0.1, 0.15) is 19.7 Å². The summed E-state index contributed by atoms with van der Waals surface area (Å²) in [5, 5.41) is 3.83. The topological polar surface area (TPSA) is 77.8 Å². The van der Waals surface area contributed by atoms with Crippen molar-refractivity contribution < 1.29 is 4.52 Å². The molecule has 0 aliphatic heterocycles. The first kappa shape index (κ1) is 9.79. The third-order valence-corrected chi connectivity index (χ3v) is 1.93. The first-order chi connectivity index (χ1) is 7.07. The van der Waals surface area contributed by atoms with Crippen molar-refractivity contribution in [3.8, 4) is 11.5 Å². The molecule has 78 valence electrons. The van der Waals surface area contributed by atoms with Gasteiger partial charge in [-0.25, -0.2) is 0 Å². The van der Waals surface area contributed by atoms with Crippen molar-refractivity contribution in [3.05, 3.63) is 30.4 Å². The molecule has 0 radical (unpaired) electrons. The fraction of sp³-hybridized carbons (Fsp3) is 0.300. The minimum Gasteiger partial charge on any atom is -0.334 e. The molecule has 0 fully saturated rings. The zero-order chi connectivity index (χ0) is 10.9. The number of aromatic nitrogens is 3. The predicted octanol–water partition coefficient (Wildman–Crippen LogP) is 1.33. The molecule has 2 aromatic heterocycles. The van der Waals surface area contributed by atoms with Crippen LogP contribution < -0.4 is 5.73 Å². The van der Waals surface area contributed by atoms with Crippen molar-refractivity contribution in [2.75, 3.05) is 0 Å². The molecule has 2 heterocycles. The summed E-state index contributed by atoms with van der Waals surface area (Å²) in [5.41, 5.74) is 6.10. The lowest BCUT2D eigenvalue weighted by Crippen LogP contribution is -2.30. The molecular weight excluding hydrogens is 192 g/mol. The molecule has 0 saturated heterocycles. The summed E-state index contributed by atoms with van der Waals surface area (Å²) < 4.78 is 5.11. The van der Waals surface area contributed by atoms with Gasteiger partial charge in [0.25, 0.3) is 5.89 Å². The van der Waals surface area contributed by atoms with Crippen molar-refractivity contribution in [1.82, 2.24) is 15.1 Å². The molecule has 0 aliphatic carbocycles. The maximum Gasteiger partial charge on any atom is 0.258 e. The van der Waals surface area contributed by atoms with Crippen LogP contribution in [0, 0.1) is 0 Å². The zero-order valence-corrected chi connectivity index (χ0v) is 8.64. The van der Waals surface area contributed by atoms with Gasteiger partial charge >= 0.3 is 0 Å². The Kier molecular flexibility index (Phi) is 2.24. The third kappa shape index (κ3) is 2.02. The highest BCUT2D eigenvalue weighted by molar-refractivity contribution is 5.51. The van der Waals surface area contributed by atoms with Crippen LogP contribution >= 0.6 is 0 Å². The Bertz CT molecular complexity index is 444. The second-order valence-corrected chi connectivity index (χ2v) is 3.88. The van der Waals surface area contributed by atoms with Crippen LogP contribution in [0.3, 0.4) is 0 Å². The van der Waals surface area contributed by atoms with Crippen molar-refractivity contribution >= 4 is 0 Å². The van der Waals surface area contributed by atoms with Crippen molar-refractivity contribution in [2.24, 2.45) is 5.73 Å². The van der Waals surface area contributed by atoms with E-state index in [-0.39, 0.29) is 0 Å². The number of hydrogen-bond donors (Lipinski definition) is 1. The van der Waals surface area contributed by atoms with Gasteiger partial charge in [-0.05, 0) is 26.0 Å². The SMILES string of the molecule is CC(C)(N)c1noc(-c2ccncc2)n1. The highest BCUT2D eigenvalue weighted by atomic mass is 16.5. The van der Waals surface area contributed by atoms with Crippen LogP contribution in [0.15, 0.2) is 29.0 Å². The molecule has 2 rings (SSSR count). The van der Waals surface area contributed by atoms with E-state index in [0.717, 1.165) is 5.56 Å². The average molecular weight is 204 g/mol. The van der Waals surface area contributed by atoms with Gasteiger partial charge in [0.05, 0.1) is 5.54 Å². The summed E-state index contributed by atoms with van der Waals surface area (Å²) >= 11 is 0. The molecule has 2 aromatic rings. The molecule has 2 N–H and O–H groups in total. The Hall–Kier alpha value is -1.75. The summed E-state index contributed by atoms with van der Waals surface area (Å²) in [4.78, 5) is 8.13. The molecular formula is C10H12N4O. The van der Waals surface area contributed by atoms with Gasteiger partial charge in [0.1, 0.15) is 0 Å². The Morgan fingerprint density at radius 3 is 2.47 bits per heavy atom. The highest BCUT2D eigenvalue weighted by Gasteiger charge is 2.21. The molecule has 0 spiro atoms. The smallest absolute Gasteiger partial charge is 0.258 e. The Morgan fingerprint density at radius 1 is 1.27 bits per heavy atom. The van der Waals surface area contributed by atoms with E-state index in [0.29, 0.717) is 11.7 Å². The first-order valence-corrected chi connectivity index (χ1v) is 4.61. The molecule has 0 amide bonds. The molecule has 0 aromatic carbocycles. The van der Waals surface area contributed by atoms with E-state index in [1.165, 1.54) is 0 Å². The molecule has 0 saturated carbocycles. The fourth-order valence-corrected chi connectivity index (χ4v) is 1.10. The van der Waals surface area contributed by atoms with E-state index < -0.39 is 5.54 Å². The maximum atomic E-state index is 5.85. The van der Waals surface area contributed by atoms with E-state index in [9.17, 15) is 0 Å². The standard InChI is InChI=1S/C10H12N4O/c1-10(2,11)9-13-8(15-14-9)7-3-5-12-6-4-7/h3-6H,11H2,1-2H3. The second-order valence-electron chi connectivity index (χ2n) is 3.88. The lowest BCUT2D eigenvalue weighted by Gasteiger charge is -2.11. The Labute approximate surface area is 87.3 Å². The summed E-state index contributed by atoms with van der Waals surface area (Å²) in [6, 6.07) is 3.61. The van der Waals surface area contributed by atoms with Crippen LogP contribution in [-0.2, 0) is 5.54 Å². The molecule has 0 aliphatic rings. The van der Waals surface area contributed by atoms with Gasteiger partial charge in [0.15, 0.2) is 5.82 Å². The van der Waals surface area contributed by atoms with Crippen LogP contribution in [0.25, 0.3) is 11.5 Å². The molecule has 0 bridgehead atoms. The number of nitrogens with zero attached hydrogens (tertiary/aromatic N) is 3. The second kappa shape index (κ2) is 3.43. The molecule has 5 nitrogen and oxygen atoms in total. The summed E-state index contributed by atoms with van der Waals surface area (Å²) in [6.07, 6.45) is 3.35. The van der Waals surface area contributed by atoms with Crippen LogP contribution in [0.5, 0.6) is 0 Å². The normalized spacial score (nSPS) is 11.7. The predicted molar refractivity (Wildman–Crippen MR) is 54.7 cm³/mol. The fourth-order valence-electron chi connectivity index (χ4n) is 1.10. The highest BCUT2D eigenvalue weighted by Crippen LogP contribution is 2.19. The van der Waals surface area contributed by atoms with Crippen molar-refractivity contribution in [3.63, 3.8) is 0 Å². The van der Waals surface area contributed by atoms with E-state index in [1.54, 1.807) is 24.5 Å². The number of hydrogen-bond acceptors (Lipinski definition) is 5. The summed E-state index contributed by atoms with van der Waals surface area (Å²) in [5.74, 6) is 0.959. The van der Waals surface area contributed by atoms with Gasteiger partial charge in [-0.15, -0.1) is 0 Å². The van der Waals surface area contributed by atoms with Crippen LogP contribution in [-0.4, -0.2) is 15.1 Å². The van der Waals surface area contributed by atoms with Gasteiger partial charge in [-0.1, -0.05) is 5.16 Å². The van der Waals surface area contributed by atoms with Gasteiger partial charge in [0, 0.05) is 18.0 Å². The largest absolute Gasteiger partial charge is 0.334 e. The van der Waals surface area contributed by atoms with Crippen LogP contribution in [0.2, 0.25) is 0 Å². The zero-order valence-electron chi connectivity index (χ0n) is 8.64. The minimum atomic E-state index is -0.589. The van der Waals surface area contributed by atoms with Gasteiger partial charge < -0.3 is 10.3 Å². The lowest BCUT2D eigenvalue weighted by atomic mass is 10.1. The van der Waals surface area contributed by atoms with Gasteiger partial charge in [-0.3, -0.25) is 4.98 Å². The molecule has 0 unspecified atom stereocenters. The minimum absolute atomic E-state index is 0.464. The summed E-state index contributed by atoms with van der Waals surface area (Å²) in [7, 11) is 0. The Morgan fingerprint density at radius 2 is 1.93 bits per heavy atom. The van der Waals surface area contributed by atoms with Gasteiger partial charge in [-0.2, -0.15) is 4.98 Å². The number of nitrogens with two attached hydrogens (primary N) is 1.